The van der Waals surface area contributed by atoms with E-state index in [9.17, 15) is 5.11 Å². The average molecular weight is 264 g/mol. The van der Waals surface area contributed by atoms with Crippen LogP contribution in [0, 0.1) is 0 Å². The van der Waals surface area contributed by atoms with Gasteiger partial charge >= 0.3 is 0 Å². The molecule has 0 fully saturated rings. The number of hydrogen-bond donors (Lipinski definition) is 2. The smallest absolute Gasteiger partial charge is 0.180 e. The van der Waals surface area contributed by atoms with Crippen LogP contribution >= 0.6 is 11.3 Å². The molecule has 18 heavy (non-hydrogen) atoms. The summed E-state index contributed by atoms with van der Waals surface area (Å²) in [5, 5.41) is 10.7. The highest BCUT2D eigenvalue weighted by molar-refractivity contribution is 7.15. The molecule has 0 spiro atoms. The topological polar surface area (TPSA) is 77.6 Å². The quantitative estimate of drug-likeness (QED) is 0.861. The van der Waals surface area contributed by atoms with Gasteiger partial charge in [0.2, 0.25) is 0 Å². The minimum atomic E-state index is -0.740. The van der Waals surface area contributed by atoms with E-state index in [1.807, 2.05) is 6.07 Å². The van der Waals surface area contributed by atoms with Gasteiger partial charge in [-0.3, -0.25) is 0 Å². The molecule has 1 aromatic heterocycles. The van der Waals surface area contributed by atoms with E-state index in [4.69, 9.17) is 15.2 Å². The first-order valence-electron chi connectivity index (χ1n) is 5.53. The minimum absolute atomic E-state index is 0.446. The van der Waals surface area contributed by atoms with Crippen molar-refractivity contribution in [3.8, 4) is 11.5 Å². The van der Waals surface area contributed by atoms with Gasteiger partial charge in [-0.25, -0.2) is 4.98 Å². The second-order valence-corrected chi connectivity index (χ2v) is 5.00. The molecule has 1 aliphatic heterocycles. The van der Waals surface area contributed by atoms with Gasteiger partial charge in [-0.2, -0.15) is 0 Å². The Kier molecular flexibility index (Phi) is 2.81. The predicted octanol–water partition coefficient (Wildman–Crippen LogP) is 1.58. The van der Waals surface area contributed by atoms with Gasteiger partial charge in [-0.1, -0.05) is 17.4 Å². The Balaban J connectivity index is 1.92. The number of nitrogen functional groups attached to an aromatic ring is 1. The van der Waals surface area contributed by atoms with Crippen LogP contribution in [0.3, 0.4) is 0 Å². The van der Waals surface area contributed by atoms with Crippen LogP contribution in [0.25, 0.3) is 0 Å². The SMILES string of the molecule is Nc1ncc(C(O)c2ccc3c(c2)OCCO3)s1. The summed E-state index contributed by atoms with van der Waals surface area (Å²) in [6.07, 6.45) is 0.845. The van der Waals surface area contributed by atoms with E-state index in [-0.39, 0.29) is 0 Å². The zero-order chi connectivity index (χ0) is 12.5. The number of aromatic nitrogens is 1. The zero-order valence-corrected chi connectivity index (χ0v) is 10.3. The number of aliphatic hydroxyl groups excluding tert-OH is 1. The lowest BCUT2D eigenvalue weighted by Gasteiger charge is -2.19. The van der Waals surface area contributed by atoms with E-state index < -0.39 is 6.10 Å². The summed E-state index contributed by atoms with van der Waals surface area (Å²) in [6, 6.07) is 5.40. The van der Waals surface area contributed by atoms with Crippen molar-refractivity contribution < 1.29 is 14.6 Å². The van der Waals surface area contributed by atoms with Gasteiger partial charge in [0.05, 0.1) is 4.88 Å². The molecule has 0 aliphatic carbocycles. The van der Waals surface area contributed by atoms with Gasteiger partial charge in [0, 0.05) is 6.20 Å². The van der Waals surface area contributed by atoms with E-state index in [0.717, 1.165) is 5.56 Å². The molecule has 3 rings (SSSR count). The molecule has 1 aromatic carbocycles. The fraction of sp³-hybridized carbons (Fsp3) is 0.250. The molecule has 0 amide bonds. The van der Waals surface area contributed by atoms with Crippen molar-refractivity contribution in [3.63, 3.8) is 0 Å². The number of ether oxygens (including phenoxy) is 2. The van der Waals surface area contributed by atoms with Crippen LogP contribution in [0.4, 0.5) is 5.13 Å². The summed E-state index contributed by atoms with van der Waals surface area (Å²) < 4.78 is 10.9. The molecule has 94 valence electrons. The molecule has 2 heterocycles. The molecule has 0 bridgehead atoms. The highest BCUT2D eigenvalue weighted by atomic mass is 32.1. The molecule has 0 saturated carbocycles. The first-order valence-corrected chi connectivity index (χ1v) is 6.34. The van der Waals surface area contributed by atoms with E-state index in [2.05, 4.69) is 4.98 Å². The summed E-state index contributed by atoms with van der Waals surface area (Å²) in [5.74, 6) is 1.37. The van der Waals surface area contributed by atoms with Crippen molar-refractivity contribution in [2.24, 2.45) is 0 Å². The van der Waals surface area contributed by atoms with Crippen LogP contribution in [0.1, 0.15) is 16.5 Å². The number of benzene rings is 1. The zero-order valence-electron chi connectivity index (χ0n) is 9.50. The van der Waals surface area contributed by atoms with Crippen molar-refractivity contribution in [3.05, 3.63) is 34.8 Å². The largest absolute Gasteiger partial charge is 0.486 e. The van der Waals surface area contributed by atoms with Gasteiger partial charge in [0.15, 0.2) is 16.6 Å². The molecule has 3 N–H and O–H groups in total. The van der Waals surface area contributed by atoms with E-state index in [0.29, 0.717) is 34.7 Å². The Morgan fingerprint density at radius 1 is 1.28 bits per heavy atom. The second-order valence-electron chi connectivity index (χ2n) is 3.91. The maximum Gasteiger partial charge on any atom is 0.180 e. The molecule has 1 atom stereocenters. The number of thiazole rings is 1. The fourth-order valence-electron chi connectivity index (χ4n) is 1.82. The molecule has 5 nitrogen and oxygen atoms in total. The fourth-order valence-corrected chi connectivity index (χ4v) is 2.52. The average Bonchev–Trinajstić information content (AvgIpc) is 2.84. The Labute approximate surface area is 108 Å². The lowest BCUT2D eigenvalue weighted by Crippen LogP contribution is -2.15. The molecule has 2 aromatic rings. The predicted molar refractivity (Wildman–Crippen MR) is 68.0 cm³/mol. The van der Waals surface area contributed by atoms with Crippen molar-refractivity contribution in [2.45, 2.75) is 6.10 Å². The number of nitrogens with zero attached hydrogens (tertiary/aromatic N) is 1. The molecular formula is C12H12N2O3S. The van der Waals surface area contributed by atoms with Gasteiger partial charge < -0.3 is 20.3 Å². The van der Waals surface area contributed by atoms with Crippen molar-refractivity contribution in [1.82, 2.24) is 4.98 Å². The van der Waals surface area contributed by atoms with Crippen LogP contribution in [0.5, 0.6) is 11.5 Å². The van der Waals surface area contributed by atoms with Gasteiger partial charge in [0.1, 0.15) is 19.3 Å². The minimum Gasteiger partial charge on any atom is -0.486 e. The molecule has 0 radical (unpaired) electrons. The highest BCUT2D eigenvalue weighted by Gasteiger charge is 2.18. The maximum absolute atomic E-state index is 10.2. The molecule has 1 unspecified atom stereocenters. The Morgan fingerprint density at radius 3 is 2.78 bits per heavy atom. The van der Waals surface area contributed by atoms with E-state index in [1.165, 1.54) is 11.3 Å². The maximum atomic E-state index is 10.2. The number of rotatable bonds is 2. The summed E-state index contributed by atoms with van der Waals surface area (Å²) in [5.41, 5.74) is 6.30. The third-order valence-electron chi connectivity index (χ3n) is 2.69. The second kappa shape index (κ2) is 4.47. The van der Waals surface area contributed by atoms with Crippen LogP contribution in [0.15, 0.2) is 24.4 Å². The monoisotopic (exact) mass is 264 g/mol. The summed E-state index contributed by atoms with van der Waals surface area (Å²) in [6.45, 7) is 1.08. The molecule has 0 saturated heterocycles. The van der Waals surface area contributed by atoms with Crippen LogP contribution in [0.2, 0.25) is 0 Å². The highest BCUT2D eigenvalue weighted by Crippen LogP contribution is 2.35. The molecule has 1 aliphatic rings. The van der Waals surface area contributed by atoms with E-state index in [1.54, 1.807) is 18.3 Å². The third-order valence-corrected chi connectivity index (χ3v) is 3.57. The lowest BCUT2D eigenvalue weighted by molar-refractivity contribution is 0.170. The van der Waals surface area contributed by atoms with Crippen molar-refractivity contribution in [1.29, 1.82) is 0 Å². The third kappa shape index (κ3) is 2.00. The van der Waals surface area contributed by atoms with Gasteiger partial charge in [-0.15, -0.1) is 0 Å². The standard InChI is InChI=1S/C12H12N2O3S/c13-12-14-6-10(18-12)11(15)7-1-2-8-9(5-7)17-4-3-16-8/h1-2,5-6,11,15H,3-4H2,(H2,13,14). The Hall–Kier alpha value is -1.79. The summed E-state index contributed by atoms with van der Waals surface area (Å²) >= 11 is 1.27. The first kappa shape index (κ1) is 11.3. The number of hydrogen-bond acceptors (Lipinski definition) is 6. The van der Waals surface area contributed by atoms with E-state index >= 15 is 0 Å². The lowest BCUT2D eigenvalue weighted by atomic mass is 10.1. The first-order chi connectivity index (χ1) is 8.74. The van der Waals surface area contributed by atoms with Crippen LogP contribution in [-0.2, 0) is 0 Å². The van der Waals surface area contributed by atoms with Crippen LogP contribution < -0.4 is 15.2 Å². The van der Waals surface area contributed by atoms with Gasteiger partial charge in [0.25, 0.3) is 0 Å². The van der Waals surface area contributed by atoms with Crippen molar-refractivity contribution in [2.75, 3.05) is 18.9 Å². The number of fused-ring (bicyclic) bond motifs is 1. The normalized spacial score (nSPS) is 15.4. The number of anilines is 1. The molecular weight excluding hydrogens is 252 g/mol. The van der Waals surface area contributed by atoms with Crippen molar-refractivity contribution >= 4 is 16.5 Å². The molecule has 6 heteroatoms. The Morgan fingerprint density at radius 2 is 2.06 bits per heavy atom. The summed E-state index contributed by atoms with van der Waals surface area (Å²) in [4.78, 5) is 4.64. The number of aliphatic hydroxyl groups is 1. The number of nitrogens with two attached hydrogens (primary N) is 1. The van der Waals surface area contributed by atoms with Crippen LogP contribution in [-0.4, -0.2) is 23.3 Å². The summed E-state index contributed by atoms with van der Waals surface area (Å²) in [7, 11) is 0. The Bertz CT molecular complexity index is 570. The van der Waals surface area contributed by atoms with Gasteiger partial charge in [-0.05, 0) is 17.7 Å².